The quantitative estimate of drug-likeness (QED) is 0.634. The molecule has 52 valence electrons. The molecule has 0 aromatic carbocycles. The highest BCUT2D eigenvalue weighted by Crippen LogP contribution is 2.16. The predicted octanol–water partition coefficient (Wildman–Crippen LogP) is 1.64. The Labute approximate surface area is 65.1 Å². The Bertz CT molecular complexity index is 220. The molecule has 10 heavy (non-hydrogen) atoms. The van der Waals surface area contributed by atoms with Gasteiger partial charge in [-0.15, -0.1) is 17.8 Å². The molecule has 0 radical (unpaired) electrons. The number of hydrogen-bond acceptors (Lipinski definition) is 2. The summed E-state index contributed by atoms with van der Waals surface area (Å²) in [6, 6.07) is 4.12. The first-order valence-electron chi connectivity index (χ1n) is 3.05. The molecule has 1 nitrogen and oxygen atoms in total. The Kier molecular flexibility index (Phi) is 2.49. The van der Waals surface area contributed by atoms with E-state index in [1.54, 1.807) is 11.3 Å². The van der Waals surface area contributed by atoms with Crippen LogP contribution in [0.2, 0.25) is 0 Å². The van der Waals surface area contributed by atoms with Crippen molar-refractivity contribution in [1.82, 2.24) is 5.32 Å². The van der Waals surface area contributed by atoms with Crippen LogP contribution in [0.15, 0.2) is 17.5 Å². The summed E-state index contributed by atoms with van der Waals surface area (Å²) in [4.78, 5) is 1.20. The Balaban J connectivity index is 2.76. The lowest BCUT2D eigenvalue weighted by atomic mass is 10.2. The van der Waals surface area contributed by atoms with Crippen LogP contribution in [0.1, 0.15) is 10.9 Å². The Morgan fingerprint density at radius 1 is 1.80 bits per heavy atom. The van der Waals surface area contributed by atoms with Gasteiger partial charge in [0.25, 0.3) is 0 Å². The SMILES string of the molecule is C#CC(NC)c1cccs1. The zero-order valence-electron chi connectivity index (χ0n) is 5.79. The fourth-order valence-corrected chi connectivity index (χ4v) is 1.56. The van der Waals surface area contributed by atoms with Crippen LogP contribution in [0.5, 0.6) is 0 Å². The zero-order chi connectivity index (χ0) is 7.40. The number of thiophene rings is 1. The van der Waals surface area contributed by atoms with Gasteiger partial charge in [0.2, 0.25) is 0 Å². The van der Waals surface area contributed by atoms with Gasteiger partial charge in [-0.2, -0.15) is 0 Å². The second-order valence-electron chi connectivity index (χ2n) is 1.90. The summed E-state index contributed by atoms with van der Waals surface area (Å²) in [5, 5.41) is 5.05. The van der Waals surface area contributed by atoms with Crippen LogP contribution in [0.4, 0.5) is 0 Å². The van der Waals surface area contributed by atoms with E-state index in [2.05, 4.69) is 11.2 Å². The Hall–Kier alpha value is -0.780. The molecule has 1 heterocycles. The van der Waals surface area contributed by atoms with Crippen LogP contribution in [0.3, 0.4) is 0 Å². The molecular weight excluding hydrogens is 142 g/mol. The third-order valence-corrected chi connectivity index (χ3v) is 2.22. The lowest BCUT2D eigenvalue weighted by Gasteiger charge is -2.04. The molecule has 1 unspecified atom stereocenters. The second kappa shape index (κ2) is 3.40. The minimum atomic E-state index is 0.0833. The van der Waals surface area contributed by atoms with Gasteiger partial charge in [0.1, 0.15) is 6.04 Å². The first-order valence-corrected chi connectivity index (χ1v) is 3.93. The molecule has 0 aliphatic heterocycles. The maximum absolute atomic E-state index is 5.27. The van der Waals surface area contributed by atoms with Crippen molar-refractivity contribution in [3.63, 3.8) is 0 Å². The van der Waals surface area contributed by atoms with Crippen LogP contribution in [0, 0.1) is 12.3 Å². The van der Waals surface area contributed by atoms with Gasteiger partial charge in [-0.1, -0.05) is 12.0 Å². The summed E-state index contributed by atoms with van der Waals surface area (Å²) < 4.78 is 0. The van der Waals surface area contributed by atoms with E-state index in [0.717, 1.165) is 0 Å². The summed E-state index contributed by atoms with van der Waals surface area (Å²) in [6.45, 7) is 0. The van der Waals surface area contributed by atoms with E-state index in [9.17, 15) is 0 Å². The maximum Gasteiger partial charge on any atom is 0.103 e. The van der Waals surface area contributed by atoms with Gasteiger partial charge >= 0.3 is 0 Å². The van der Waals surface area contributed by atoms with Crippen molar-refractivity contribution in [2.45, 2.75) is 6.04 Å². The molecule has 0 saturated carbocycles. The van der Waals surface area contributed by atoms with Gasteiger partial charge in [0.15, 0.2) is 0 Å². The average molecular weight is 151 g/mol. The van der Waals surface area contributed by atoms with E-state index in [1.165, 1.54) is 4.88 Å². The summed E-state index contributed by atoms with van der Waals surface area (Å²) in [5.74, 6) is 2.65. The predicted molar refractivity (Wildman–Crippen MR) is 45.0 cm³/mol. The Morgan fingerprint density at radius 3 is 3.00 bits per heavy atom. The molecule has 0 spiro atoms. The van der Waals surface area contributed by atoms with Crippen molar-refractivity contribution in [2.75, 3.05) is 7.05 Å². The monoisotopic (exact) mass is 151 g/mol. The fraction of sp³-hybridized carbons (Fsp3) is 0.250. The van der Waals surface area contributed by atoms with E-state index >= 15 is 0 Å². The maximum atomic E-state index is 5.27. The number of rotatable bonds is 2. The van der Waals surface area contributed by atoms with Gasteiger partial charge < -0.3 is 5.32 Å². The van der Waals surface area contributed by atoms with Crippen LogP contribution in [0.25, 0.3) is 0 Å². The van der Waals surface area contributed by atoms with Crippen LogP contribution >= 0.6 is 11.3 Å². The summed E-state index contributed by atoms with van der Waals surface area (Å²) >= 11 is 1.68. The topological polar surface area (TPSA) is 12.0 Å². The van der Waals surface area contributed by atoms with Crippen molar-refractivity contribution >= 4 is 11.3 Å². The van der Waals surface area contributed by atoms with Gasteiger partial charge in [0, 0.05) is 4.88 Å². The molecule has 0 bridgehead atoms. The normalized spacial score (nSPS) is 12.4. The first kappa shape index (κ1) is 7.33. The van der Waals surface area contributed by atoms with E-state index in [4.69, 9.17) is 6.42 Å². The lowest BCUT2D eigenvalue weighted by Crippen LogP contribution is -2.12. The van der Waals surface area contributed by atoms with Gasteiger partial charge in [-0.3, -0.25) is 0 Å². The molecular formula is C8H9NS. The molecule has 0 saturated heterocycles. The summed E-state index contributed by atoms with van der Waals surface area (Å²) in [6.07, 6.45) is 5.27. The van der Waals surface area contributed by atoms with Gasteiger partial charge in [0.05, 0.1) is 0 Å². The molecule has 0 amide bonds. The average Bonchev–Trinajstić information content (AvgIpc) is 2.43. The number of terminal acetylenes is 1. The van der Waals surface area contributed by atoms with Crippen LogP contribution in [-0.2, 0) is 0 Å². The molecule has 0 aliphatic rings. The molecule has 1 atom stereocenters. The van der Waals surface area contributed by atoms with Crippen LogP contribution < -0.4 is 5.32 Å². The molecule has 1 aromatic heterocycles. The molecule has 1 N–H and O–H groups in total. The third kappa shape index (κ3) is 1.38. The summed E-state index contributed by atoms with van der Waals surface area (Å²) in [7, 11) is 1.87. The van der Waals surface area contributed by atoms with E-state index in [0.29, 0.717) is 0 Å². The van der Waals surface area contributed by atoms with E-state index < -0.39 is 0 Å². The van der Waals surface area contributed by atoms with Gasteiger partial charge in [-0.25, -0.2) is 0 Å². The molecule has 1 aromatic rings. The van der Waals surface area contributed by atoms with Crippen molar-refractivity contribution in [3.05, 3.63) is 22.4 Å². The van der Waals surface area contributed by atoms with Crippen molar-refractivity contribution in [1.29, 1.82) is 0 Å². The number of hydrogen-bond donors (Lipinski definition) is 1. The lowest BCUT2D eigenvalue weighted by molar-refractivity contribution is 0.749. The summed E-state index contributed by atoms with van der Waals surface area (Å²) in [5.41, 5.74) is 0. The smallest absolute Gasteiger partial charge is 0.103 e. The number of nitrogens with one attached hydrogen (secondary N) is 1. The Morgan fingerprint density at radius 2 is 2.60 bits per heavy atom. The van der Waals surface area contributed by atoms with E-state index in [1.807, 2.05) is 24.6 Å². The first-order chi connectivity index (χ1) is 4.88. The molecule has 1 rings (SSSR count). The molecule has 0 fully saturated rings. The molecule has 2 heteroatoms. The van der Waals surface area contributed by atoms with Crippen molar-refractivity contribution in [3.8, 4) is 12.3 Å². The standard InChI is InChI=1S/C8H9NS/c1-3-7(9-2)8-5-4-6-10-8/h1,4-7,9H,2H3. The highest BCUT2D eigenvalue weighted by molar-refractivity contribution is 7.10. The molecule has 0 aliphatic carbocycles. The van der Waals surface area contributed by atoms with Gasteiger partial charge in [-0.05, 0) is 18.5 Å². The second-order valence-corrected chi connectivity index (χ2v) is 2.88. The fourth-order valence-electron chi connectivity index (χ4n) is 0.763. The third-order valence-electron chi connectivity index (χ3n) is 1.28. The van der Waals surface area contributed by atoms with Crippen molar-refractivity contribution < 1.29 is 0 Å². The zero-order valence-corrected chi connectivity index (χ0v) is 6.61. The largest absolute Gasteiger partial charge is 0.302 e. The minimum absolute atomic E-state index is 0.0833. The van der Waals surface area contributed by atoms with E-state index in [-0.39, 0.29) is 6.04 Å². The minimum Gasteiger partial charge on any atom is -0.302 e. The van der Waals surface area contributed by atoms with Crippen molar-refractivity contribution in [2.24, 2.45) is 0 Å². The highest BCUT2D eigenvalue weighted by atomic mass is 32.1. The highest BCUT2D eigenvalue weighted by Gasteiger charge is 2.03. The van der Waals surface area contributed by atoms with Crippen LogP contribution in [-0.4, -0.2) is 7.05 Å².